The van der Waals surface area contributed by atoms with Crippen LogP contribution in [0.1, 0.15) is 22.5 Å². The maximum atomic E-state index is 9.75. The summed E-state index contributed by atoms with van der Waals surface area (Å²) in [6, 6.07) is 21.9. The van der Waals surface area contributed by atoms with Crippen molar-refractivity contribution in [3.63, 3.8) is 0 Å². The summed E-state index contributed by atoms with van der Waals surface area (Å²) in [7, 11) is -6.00. The molecular formula is C21H22BF4N. The van der Waals surface area contributed by atoms with Crippen molar-refractivity contribution < 1.29 is 21.8 Å². The fourth-order valence-electron chi connectivity index (χ4n) is 2.91. The van der Waals surface area contributed by atoms with E-state index in [0.29, 0.717) is 0 Å². The maximum Gasteiger partial charge on any atom is 0.673 e. The number of rotatable bonds is 2. The van der Waals surface area contributed by atoms with Crippen LogP contribution in [0.4, 0.5) is 17.3 Å². The Kier molecular flexibility index (Phi) is 6.42. The second-order valence-corrected chi connectivity index (χ2v) is 6.56. The van der Waals surface area contributed by atoms with Gasteiger partial charge in [-0.25, -0.2) is 0 Å². The summed E-state index contributed by atoms with van der Waals surface area (Å²) >= 11 is 0. The fourth-order valence-corrected chi connectivity index (χ4v) is 2.91. The predicted molar refractivity (Wildman–Crippen MR) is 103 cm³/mol. The number of benzene rings is 2. The zero-order valence-corrected chi connectivity index (χ0v) is 15.8. The Morgan fingerprint density at radius 1 is 0.593 bits per heavy atom. The third-order valence-corrected chi connectivity index (χ3v) is 4.11. The summed E-state index contributed by atoms with van der Waals surface area (Å²) in [6.45, 7) is 8.58. The Labute approximate surface area is 157 Å². The van der Waals surface area contributed by atoms with Gasteiger partial charge in [-0.15, -0.1) is 0 Å². The molecule has 0 N–H and O–H groups in total. The molecule has 0 radical (unpaired) electrons. The van der Waals surface area contributed by atoms with E-state index in [1.54, 1.807) is 0 Å². The van der Waals surface area contributed by atoms with Crippen molar-refractivity contribution in [1.82, 2.24) is 0 Å². The van der Waals surface area contributed by atoms with Gasteiger partial charge in [0.15, 0.2) is 11.4 Å². The number of pyridine rings is 1. The van der Waals surface area contributed by atoms with E-state index in [0.717, 1.165) is 0 Å². The van der Waals surface area contributed by atoms with Crippen LogP contribution in [0, 0.1) is 27.7 Å². The summed E-state index contributed by atoms with van der Waals surface area (Å²) in [5.41, 5.74) is 8.85. The second-order valence-electron chi connectivity index (χ2n) is 6.56. The molecule has 0 aliphatic carbocycles. The molecule has 0 spiro atoms. The molecule has 142 valence electrons. The summed E-state index contributed by atoms with van der Waals surface area (Å²) in [6.07, 6.45) is 0. The molecule has 3 aromatic rings. The lowest BCUT2D eigenvalue weighted by molar-refractivity contribution is -0.609. The highest BCUT2D eigenvalue weighted by atomic mass is 19.5. The lowest BCUT2D eigenvalue weighted by Gasteiger charge is -2.08. The third-order valence-electron chi connectivity index (χ3n) is 4.11. The minimum absolute atomic E-state index is 1.22. The average molecular weight is 375 g/mol. The summed E-state index contributed by atoms with van der Waals surface area (Å²) < 4.78 is 41.3. The topological polar surface area (TPSA) is 3.88 Å². The molecule has 1 nitrogen and oxygen atoms in total. The van der Waals surface area contributed by atoms with Crippen LogP contribution in [0.5, 0.6) is 0 Å². The van der Waals surface area contributed by atoms with Gasteiger partial charge in [-0.1, -0.05) is 47.5 Å². The highest BCUT2D eigenvalue weighted by Gasteiger charge is 2.20. The Balaban J connectivity index is 0.000000465. The third kappa shape index (κ3) is 6.24. The lowest BCUT2D eigenvalue weighted by Crippen LogP contribution is -2.37. The normalized spacial score (nSPS) is 11.0. The largest absolute Gasteiger partial charge is 0.673 e. The highest BCUT2D eigenvalue weighted by Crippen LogP contribution is 2.21. The van der Waals surface area contributed by atoms with Gasteiger partial charge < -0.3 is 17.3 Å². The first-order valence-corrected chi connectivity index (χ1v) is 8.59. The van der Waals surface area contributed by atoms with E-state index in [-0.39, 0.29) is 0 Å². The van der Waals surface area contributed by atoms with Crippen LogP contribution >= 0.6 is 0 Å². The van der Waals surface area contributed by atoms with Crippen molar-refractivity contribution in [3.8, 4) is 16.8 Å². The first-order chi connectivity index (χ1) is 12.5. The molecule has 0 saturated carbocycles. The molecule has 6 heteroatoms. The van der Waals surface area contributed by atoms with E-state index in [2.05, 4.69) is 92.9 Å². The van der Waals surface area contributed by atoms with Gasteiger partial charge in [0.1, 0.15) is 0 Å². The van der Waals surface area contributed by atoms with Crippen LogP contribution in [-0.2, 0) is 0 Å². The zero-order valence-electron chi connectivity index (χ0n) is 15.8. The first kappa shape index (κ1) is 20.7. The van der Waals surface area contributed by atoms with Crippen molar-refractivity contribution in [3.05, 3.63) is 83.2 Å². The van der Waals surface area contributed by atoms with E-state index in [9.17, 15) is 17.3 Å². The molecule has 0 unspecified atom stereocenters. The van der Waals surface area contributed by atoms with Crippen molar-refractivity contribution in [2.75, 3.05) is 0 Å². The van der Waals surface area contributed by atoms with Crippen LogP contribution in [0.2, 0.25) is 0 Å². The van der Waals surface area contributed by atoms with Crippen molar-refractivity contribution >= 4 is 7.25 Å². The van der Waals surface area contributed by atoms with E-state index >= 15 is 0 Å². The van der Waals surface area contributed by atoms with Crippen LogP contribution in [0.15, 0.2) is 60.7 Å². The molecule has 3 rings (SSSR count). The molecule has 27 heavy (non-hydrogen) atoms. The van der Waals surface area contributed by atoms with Crippen LogP contribution in [0.3, 0.4) is 0 Å². The standard InChI is InChI=1S/C21H22N.BF4/c1-15-5-9-19(10-6-15)20-13-17(3)22(18(4)14-20)21-11-7-16(2)8-12-21;2-1(3,4)5/h5-14H,1-4H3;/q+1;-1. The van der Waals surface area contributed by atoms with Gasteiger partial charge in [-0.3, -0.25) is 0 Å². The Hall–Kier alpha value is -2.63. The van der Waals surface area contributed by atoms with Gasteiger partial charge >= 0.3 is 7.25 Å². The number of aryl methyl sites for hydroxylation is 4. The molecule has 1 heterocycles. The number of nitrogens with zero attached hydrogens (tertiary/aromatic N) is 1. The van der Waals surface area contributed by atoms with E-state index in [1.807, 2.05) is 0 Å². The molecule has 0 aliphatic heterocycles. The number of aromatic nitrogens is 1. The zero-order chi connectivity index (χ0) is 20.2. The Morgan fingerprint density at radius 3 is 1.37 bits per heavy atom. The number of halogens is 4. The van der Waals surface area contributed by atoms with Crippen LogP contribution in [-0.4, -0.2) is 7.25 Å². The quantitative estimate of drug-likeness (QED) is 0.287. The first-order valence-electron chi connectivity index (χ1n) is 8.59. The SMILES string of the molecule is Cc1ccc(-c2cc(C)[n+](-c3ccc(C)cc3)c(C)c2)cc1.F[B-](F)(F)F. The number of hydrogen-bond acceptors (Lipinski definition) is 0. The Bertz CT molecular complexity index is 872. The van der Waals surface area contributed by atoms with Gasteiger partial charge in [-0.05, 0) is 25.0 Å². The maximum absolute atomic E-state index is 9.75. The molecule has 0 saturated heterocycles. The predicted octanol–water partition coefficient (Wildman–Crippen LogP) is 6.16. The van der Waals surface area contributed by atoms with Gasteiger partial charge in [0.25, 0.3) is 0 Å². The van der Waals surface area contributed by atoms with E-state index < -0.39 is 7.25 Å². The second kappa shape index (κ2) is 8.38. The molecule has 0 aliphatic rings. The summed E-state index contributed by atoms with van der Waals surface area (Å²) in [5.74, 6) is 0. The van der Waals surface area contributed by atoms with Crippen molar-refractivity contribution in [2.24, 2.45) is 0 Å². The summed E-state index contributed by atoms with van der Waals surface area (Å²) in [4.78, 5) is 0. The molecule has 1 aromatic heterocycles. The fraction of sp³-hybridized carbons (Fsp3) is 0.190. The average Bonchev–Trinajstić information content (AvgIpc) is 2.55. The highest BCUT2D eigenvalue weighted by molar-refractivity contribution is 6.50. The minimum Gasteiger partial charge on any atom is -0.418 e. The van der Waals surface area contributed by atoms with Crippen LogP contribution < -0.4 is 4.57 Å². The lowest BCUT2D eigenvalue weighted by atomic mass is 10.0. The Morgan fingerprint density at radius 2 is 0.963 bits per heavy atom. The smallest absolute Gasteiger partial charge is 0.418 e. The van der Waals surface area contributed by atoms with E-state index in [1.165, 1.54) is 39.3 Å². The molecule has 0 bridgehead atoms. The van der Waals surface area contributed by atoms with Crippen LogP contribution in [0.25, 0.3) is 16.8 Å². The number of hydrogen-bond donors (Lipinski definition) is 0. The molecule has 0 amide bonds. The van der Waals surface area contributed by atoms with Gasteiger partial charge in [0.05, 0.1) is 0 Å². The van der Waals surface area contributed by atoms with Gasteiger partial charge in [0.2, 0.25) is 5.69 Å². The van der Waals surface area contributed by atoms with E-state index in [4.69, 9.17) is 0 Å². The molecule has 0 atom stereocenters. The molecular weight excluding hydrogens is 353 g/mol. The monoisotopic (exact) mass is 375 g/mol. The minimum atomic E-state index is -6.00. The van der Waals surface area contributed by atoms with Crippen molar-refractivity contribution in [2.45, 2.75) is 27.7 Å². The van der Waals surface area contributed by atoms with Crippen molar-refractivity contribution in [1.29, 1.82) is 0 Å². The molecule has 2 aromatic carbocycles. The van der Waals surface area contributed by atoms with Gasteiger partial charge in [-0.2, -0.15) is 4.57 Å². The molecule has 0 fully saturated rings. The summed E-state index contributed by atoms with van der Waals surface area (Å²) in [5, 5.41) is 0. The van der Waals surface area contributed by atoms with Gasteiger partial charge in [0, 0.05) is 38.1 Å².